The van der Waals surface area contributed by atoms with E-state index < -0.39 is 47.9 Å². The van der Waals surface area contributed by atoms with E-state index >= 15 is 0 Å². The summed E-state index contributed by atoms with van der Waals surface area (Å²) in [6.45, 7) is 7.30. The second kappa shape index (κ2) is 14.9. The lowest BCUT2D eigenvalue weighted by molar-refractivity contribution is -0.142. The molecule has 2 aromatic rings. The van der Waals surface area contributed by atoms with Crippen molar-refractivity contribution in [2.75, 3.05) is 0 Å². The van der Waals surface area contributed by atoms with Crippen molar-refractivity contribution in [1.29, 1.82) is 0 Å². The normalized spacial score (nSPS) is 15.0. The molecule has 0 saturated carbocycles. The molecule has 0 aliphatic heterocycles. The van der Waals surface area contributed by atoms with Gasteiger partial charge in [-0.05, 0) is 23.0 Å². The first-order valence-electron chi connectivity index (χ1n) is 13.0. The second-order valence-corrected chi connectivity index (χ2v) is 9.98. The van der Waals surface area contributed by atoms with Crippen LogP contribution in [-0.4, -0.2) is 53.0 Å². The Morgan fingerprint density at radius 1 is 0.737 bits per heavy atom. The molecule has 0 spiro atoms. The summed E-state index contributed by atoms with van der Waals surface area (Å²) >= 11 is 0. The van der Waals surface area contributed by atoms with Crippen LogP contribution in [0.25, 0.3) is 0 Å². The molecule has 0 heterocycles. The molecule has 0 aliphatic carbocycles. The summed E-state index contributed by atoms with van der Waals surface area (Å²) < 4.78 is 0. The standard InChI is InChI=1S/C29H40N4O5/c1-5-19(4)24(30)27(35)31-22(16-20-12-8-6-9-13-20)26(34)33-25(18(2)3)28(36)32-23(29(37)38)17-21-14-10-7-11-15-21/h6-15,18-19,22-25H,5,16-17,30H2,1-4H3,(H,31,35)(H,32,36)(H,33,34)(H,37,38). The molecule has 0 radical (unpaired) electrons. The van der Waals surface area contributed by atoms with Crippen molar-refractivity contribution in [2.45, 2.75) is 71.1 Å². The predicted molar refractivity (Wildman–Crippen MR) is 146 cm³/mol. The van der Waals surface area contributed by atoms with Crippen LogP contribution in [-0.2, 0) is 32.0 Å². The molecule has 2 rings (SSSR count). The summed E-state index contributed by atoms with van der Waals surface area (Å²) in [5.74, 6) is -3.22. The van der Waals surface area contributed by atoms with E-state index in [1.807, 2.05) is 50.2 Å². The first-order chi connectivity index (χ1) is 18.0. The number of benzene rings is 2. The van der Waals surface area contributed by atoms with Crippen LogP contribution in [0, 0.1) is 11.8 Å². The molecule has 0 aliphatic rings. The Labute approximate surface area is 224 Å². The molecular weight excluding hydrogens is 484 g/mol. The molecule has 9 heteroatoms. The molecule has 2 aromatic carbocycles. The highest BCUT2D eigenvalue weighted by Crippen LogP contribution is 2.10. The fraction of sp³-hybridized carbons (Fsp3) is 0.448. The molecule has 6 N–H and O–H groups in total. The van der Waals surface area contributed by atoms with Gasteiger partial charge in [0.25, 0.3) is 0 Å². The van der Waals surface area contributed by atoms with E-state index in [9.17, 15) is 24.3 Å². The van der Waals surface area contributed by atoms with Gasteiger partial charge in [-0.25, -0.2) is 4.79 Å². The molecule has 5 atom stereocenters. The Balaban J connectivity index is 2.20. The van der Waals surface area contributed by atoms with Crippen molar-refractivity contribution in [3.8, 4) is 0 Å². The van der Waals surface area contributed by atoms with Crippen molar-refractivity contribution < 1.29 is 24.3 Å². The van der Waals surface area contributed by atoms with Gasteiger partial charge in [0.15, 0.2) is 0 Å². The van der Waals surface area contributed by atoms with Crippen LogP contribution >= 0.6 is 0 Å². The number of nitrogens with one attached hydrogen (secondary N) is 3. The Morgan fingerprint density at radius 2 is 1.21 bits per heavy atom. The summed E-state index contributed by atoms with van der Waals surface area (Å²) in [4.78, 5) is 51.3. The lowest BCUT2D eigenvalue weighted by atomic mass is 9.97. The summed E-state index contributed by atoms with van der Waals surface area (Å²) in [6, 6.07) is 14.2. The van der Waals surface area contributed by atoms with E-state index in [1.54, 1.807) is 38.1 Å². The van der Waals surface area contributed by atoms with Gasteiger partial charge in [-0.3, -0.25) is 14.4 Å². The van der Waals surface area contributed by atoms with Crippen molar-refractivity contribution in [3.63, 3.8) is 0 Å². The highest BCUT2D eigenvalue weighted by molar-refractivity contribution is 5.94. The third-order valence-corrected chi connectivity index (χ3v) is 6.62. The smallest absolute Gasteiger partial charge is 0.326 e. The number of hydrogen-bond donors (Lipinski definition) is 5. The zero-order valence-corrected chi connectivity index (χ0v) is 22.5. The minimum Gasteiger partial charge on any atom is -0.480 e. The number of carbonyl (C=O) groups is 4. The number of hydrogen-bond acceptors (Lipinski definition) is 5. The second-order valence-electron chi connectivity index (χ2n) is 9.98. The van der Waals surface area contributed by atoms with Gasteiger partial charge in [0.05, 0.1) is 6.04 Å². The summed E-state index contributed by atoms with van der Waals surface area (Å²) in [6.07, 6.45) is 0.998. The number of aliphatic carboxylic acids is 1. The molecule has 38 heavy (non-hydrogen) atoms. The van der Waals surface area contributed by atoms with E-state index in [1.165, 1.54) is 0 Å². The molecule has 0 aromatic heterocycles. The maximum absolute atomic E-state index is 13.4. The fourth-order valence-electron chi connectivity index (χ4n) is 3.94. The maximum Gasteiger partial charge on any atom is 0.326 e. The maximum atomic E-state index is 13.4. The highest BCUT2D eigenvalue weighted by Gasteiger charge is 2.32. The summed E-state index contributed by atoms with van der Waals surface area (Å²) in [5.41, 5.74) is 7.68. The third-order valence-electron chi connectivity index (χ3n) is 6.62. The van der Waals surface area contributed by atoms with E-state index in [0.717, 1.165) is 11.1 Å². The molecule has 206 valence electrons. The average molecular weight is 525 g/mol. The van der Waals surface area contributed by atoms with Crippen LogP contribution in [0.3, 0.4) is 0 Å². The SMILES string of the molecule is CCC(C)C(N)C(=O)NC(Cc1ccccc1)C(=O)NC(C(=O)NC(Cc1ccccc1)C(=O)O)C(C)C. The van der Waals surface area contributed by atoms with Crippen LogP contribution in [0.15, 0.2) is 60.7 Å². The minimum atomic E-state index is -1.18. The molecule has 0 bridgehead atoms. The Bertz CT molecular complexity index is 1060. The van der Waals surface area contributed by atoms with E-state index in [-0.39, 0.29) is 24.7 Å². The summed E-state index contributed by atoms with van der Waals surface area (Å²) in [5, 5.41) is 17.7. The van der Waals surface area contributed by atoms with Crippen molar-refractivity contribution in [2.24, 2.45) is 17.6 Å². The van der Waals surface area contributed by atoms with Gasteiger partial charge in [-0.1, -0.05) is 94.8 Å². The highest BCUT2D eigenvalue weighted by atomic mass is 16.4. The van der Waals surface area contributed by atoms with E-state index in [4.69, 9.17) is 5.73 Å². The van der Waals surface area contributed by atoms with Crippen molar-refractivity contribution >= 4 is 23.7 Å². The number of amides is 3. The van der Waals surface area contributed by atoms with Crippen LogP contribution in [0.2, 0.25) is 0 Å². The quantitative estimate of drug-likeness (QED) is 0.255. The molecule has 0 saturated heterocycles. The Kier molecular flexibility index (Phi) is 11.9. The molecule has 3 amide bonds. The zero-order chi connectivity index (χ0) is 28.2. The molecule has 9 nitrogen and oxygen atoms in total. The van der Waals surface area contributed by atoms with Crippen LogP contribution in [0.4, 0.5) is 0 Å². The van der Waals surface area contributed by atoms with Crippen molar-refractivity contribution in [1.82, 2.24) is 16.0 Å². The van der Waals surface area contributed by atoms with Crippen LogP contribution < -0.4 is 21.7 Å². The van der Waals surface area contributed by atoms with Gasteiger partial charge in [0.2, 0.25) is 17.7 Å². The number of carboxylic acids is 1. The monoisotopic (exact) mass is 524 g/mol. The number of carboxylic acid groups (broad SMARTS) is 1. The number of carbonyl (C=O) groups excluding carboxylic acids is 3. The van der Waals surface area contributed by atoms with E-state index in [0.29, 0.717) is 6.42 Å². The van der Waals surface area contributed by atoms with Gasteiger partial charge in [0.1, 0.15) is 18.1 Å². The summed E-state index contributed by atoms with van der Waals surface area (Å²) in [7, 11) is 0. The predicted octanol–water partition coefficient (Wildman–Crippen LogP) is 2.04. The Hall–Kier alpha value is -3.72. The number of rotatable bonds is 14. The van der Waals surface area contributed by atoms with Gasteiger partial charge in [0, 0.05) is 12.8 Å². The molecule has 0 fully saturated rings. The van der Waals surface area contributed by atoms with Gasteiger partial charge in [-0.15, -0.1) is 0 Å². The fourth-order valence-corrected chi connectivity index (χ4v) is 3.94. The van der Waals surface area contributed by atoms with Crippen LogP contribution in [0.1, 0.15) is 45.2 Å². The first-order valence-corrected chi connectivity index (χ1v) is 13.0. The minimum absolute atomic E-state index is 0.0813. The molecule has 5 unspecified atom stereocenters. The van der Waals surface area contributed by atoms with Crippen LogP contribution in [0.5, 0.6) is 0 Å². The lowest BCUT2D eigenvalue weighted by Gasteiger charge is -2.28. The first kappa shape index (κ1) is 30.5. The number of nitrogens with two attached hydrogens (primary N) is 1. The van der Waals surface area contributed by atoms with Gasteiger partial charge < -0.3 is 26.8 Å². The third kappa shape index (κ3) is 9.30. The van der Waals surface area contributed by atoms with Gasteiger partial charge in [-0.2, -0.15) is 0 Å². The van der Waals surface area contributed by atoms with Gasteiger partial charge >= 0.3 is 5.97 Å². The Morgan fingerprint density at radius 3 is 1.66 bits per heavy atom. The van der Waals surface area contributed by atoms with E-state index in [2.05, 4.69) is 16.0 Å². The van der Waals surface area contributed by atoms with Crippen molar-refractivity contribution in [3.05, 3.63) is 71.8 Å². The topological polar surface area (TPSA) is 151 Å². The largest absolute Gasteiger partial charge is 0.480 e. The molecular formula is C29H40N4O5. The lowest BCUT2D eigenvalue weighted by Crippen LogP contribution is -2.59. The average Bonchev–Trinajstić information content (AvgIpc) is 2.90. The zero-order valence-electron chi connectivity index (χ0n) is 22.5.